The normalized spacial score (nSPS) is 15.1. The van der Waals surface area contributed by atoms with E-state index in [2.05, 4.69) is 27.8 Å². The van der Waals surface area contributed by atoms with Gasteiger partial charge in [0.15, 0.2) is 0 Å². The number of rotatable bonds is 9. The van der Waals surface area contributed by atoms with Crippen molar-refractivity contribution in [3.05, 3.63) is 24.3 Å². The highest BCUT2D eigenvalue weighted by molar-refractivity contribution is 5.93. The van der Waals surface area contributed by atoms with E-state index in [0.717, 1.165) is 51.7 Å². The molecule has 0 aromatic heterocycles. The molecule has 28 heavy (non-hydrogen) atoms. The van der Waals surface area contributed by atoms with Crippen LogP contribution < -0.4 is 16.0 Å². The largest absolute Gasteiger partial charge is 0.356 e. The van der Waals surface area contributed by atoms with E-state index in [9.17, 15) is 14.4 Å². The SMILES string of the molecule is CCCCCNC(=O)C1CCN(CC(=O)Nc2ccc(NC(C)=O)cc2)CC1. The number of piperidine rings is 1. The zero-order chi connectivity index (χ0) is 20.4. The van der Waals surface area contributed by atoms with Gasteiger partial charge in [0.25, 0.3) is 0 Å². The Kier molecular flexibility index (Phi) is 8.94. The summed E-state index contributed by atoms with van der Waals surface area (Å²) in [5, 5.41) is 8.59. The van der Waals surface area contributed by atoms with Crippen molar-refractivity contribution in [1.82, 2.24) is 10.2 Å². The molecule has 0 atom stereocenters. The summed E-state index contributed by atoms with van der Waals surface area (Å²) < 4.78 is 0. The van der Waals surface area contributed by atoms with Gasteiger partial charge in [0, 0.05) is 30.8 Å². The van der Waals surface area contributed by atoms with Crippen LogP contribution in [-0.4, -0.2) is 48.8 Å². The van der Waals surface area contributed by atoms with Crippen molar-refractivity contribution in [2.75, 3.05) is 36.8 Å². The molecule has 7 heteroatoms. The average molecular weight is 389 g/mol. The first-order valence-corrected chi connectivity index (χ1v) is 10.2. The van der Waals surface area contributed by atoms with Gasteiger partial charge in [-0.2, -0.15) is 0 Å². The van der Waals surface area contributed by atoms with Crippen LogP contribution >= 0.6 is 0 Å². The first-order chi connectivity index (χ1) is 13.5. The van der Waals surface area contributed by atoms with Gasteiger partial charge in [0.2, 0.25) is 17.7 Å². The number of nitrogens with zero attached hydrogens (tertiary/aromatic N) is 1. The van der Waals surface area contributed by atoms with E-state index in [-0.39, 0.29) is 23.6 Å². The molecule has 1 aliphatic heterocycles. The molecule has 0 aliphatic carbocycles. The summed E-state index contributed by atoms with van der Waals surface area (Å²) in [5.41, 5.74) is 1.39. The van der Waals surface area contributed by atoms with Crippen molar-refractivity contribution in [2.24, 2.45) is 5.92 Å². The summed E-state index contributed by atoms with van der Waals surface area (Å²) in [6.45, 7) is 6.18. The zero-order valence-corrected chi connectivity index (χ0v) is 16.9. The third kappa shape index (κ3) is 7.68. The van der Waals surface area contributed by atoms with Crippen molar-refractivity contribution in [3.63, 3.8) is 0 Å². The molecule has 1 fully saturated rings. The summed E-state index contributed by atoms with van der Waals surface area (Å²) in [5.74, 6) is 0.00583. The quantitative estimate of drug-likeness (QED) is 0.567. The maximum absolute atomic E-state index is 12.3. The molecule has 0 spiro atoms. The van der Waals surface area contributed by atoms with Gasteiger partial charge >= 0.3 is 0 Å². The molecule has 0 bridgehead atoms. The number of likely N-dealkylation sites (tertiary alicyclic amines) is 1. The number of unbranched alkanes of at least 4 members (excludes halogenated alkanes) is 2. The number of hydrogen-bond donors (Lipinski definition) is 3. The third-order valence-electron chi connectivity index (χ3n) is 4.89. The number of carbonyl (C=O) groups excluding carboxylic acids is 3. The van der Waals surface area contributed by atoms with E-state index in [0.29, 0.717) is 17.9 Å². The minimum Gasteiger partial charge on any atom is -0.356 e. The molecule has 3 amide bonds. The van der Waals surface area contributed by atoms with E-state index in [4.69, 9.17) is 0 Å². The lowest BCUT2D eigenvalue weighted by atomic mass is 9.96. The van der Waals surface area contributed by atoms with Gasteiger partial charge in [-0.1, -0.05) is 19.8 Å². The first kappa shape index (κ1) is 21.9. The summed E-state index contributed by atoms with van der Waals surface area (Å²) in [4.78, 5) is 37.6. The molecule has 1 heterocycles. The number of hydrogen-bond acceptors (Lipinski definition) is 4. The second-order valence-electron chi connectivity index (χ2n) is 7.36. The van der Waals surface area contributed by atoms with Gasteiger partial charge in [-0.05, 0) is 56.6 Å². The summed E-state index contributed by atoms with van der Waals surface area (Å²) >= 11 is 0. The van der Waals surface area contributed by atoms with Gasteiger partial charge in [0.05, 0.1) is 6.54 Å². The fourth-order valence-electron chi connectivity index (χ4n) is 3.33. The van der Waals surface area contributed by atoms with E-state index in [1.807, 2.05) is 0 Å². The summed E-state index contributed by atoms with van der Waals surface area (Å²) in [6, 6.07) is 7.03. The second kappa shape index (κ2) is 11.4. The molecular weight excluding hydrogens is 356 g/mol. The van der Waals surface area contributed by atoms with Crippen molar-refractivity contribution in [2.45, 2.75) is 46.0 Å². The van der Waals surface area contributed by atoms with E-state index >= 15 is 0 Å². The van der Waals surface area contributed by atoms with Crippen molar-refractivity contribution >= 4 is 29.1 Å². The Labute approximate surface area is 167 Å². The van der Waals surface area contributed by atoms with E-state index in [1.165, 1.54) is 6.92 Å². The van der Waals surface area contributed by atoms with Crippen LogP contribution in [0, 0.1) is 5.92 Å². The van der Waals surface area contributed by atoms with Crippen molar-refractivity contribution in [3.8, 4) is 0 Å². The highest BCUT2D eigenvalue weighted by Crippen LogP contribution is 2.18. The van der Waals surface area contributed by atoms with Crippen LogP contribution in [0.1, 0.15) is 46.0 Å². The number of anilines is 2. The van der Waals surface area contributed by atoms with Crippen LogP contribution in [0.5, 0.6) is 0 Å². The smallest absolute Gasteiger partial charge is 0.238 e. The van der Waals surface area contributed by atoms with Crippen molar-refractivity contribution < 1.29 is 14.4 Å². The lowest BCUT2D eigenvalue weighted by Gasteiger charge is -2.30. The molecule has 0 radical (unpaired) electrons. The predicted molar refractivity (Wildman–Crippen MR) is 111 cm³/mol. The van der Waals surface area contributed by atoms with Crippen LogP contribution in [0.4, 0.5) is 11.4 Å². The minimum atomic E-state index is -0.130. The molecular formula is C21H32N4O3. The second-order valence-corrected chi connectivity index (χ2v) is 7.36. The summed E-state index contributed by atoms with van der Waals surface area (Å²) in [6.07, 6.45) is 4.91. The fourth-order valence-corrected chi connectivity index (χ4v) is 3.33. The molecule has 3 N–H and O–H groups in total. The highest BCUT2D eigenvalue weighted by Gasteiger charge is 2.25. The Morgan fingerprint density at radius 1 is 1.00 bits per heavy atom. The molecule has 1 aromatic rings. The molecule has 0 unspecified atom stereocenters. The topological polar surface area (TPSA) is 90.5 Å². The molecule has 7 nitrogen and oxygen atoms in total. The zero-order valence-electron chi connectivity index (χ0n) is 16.9. The van der Waals surface area contributed by atoms with Gasteiger partial charge < -0.3 is 16.0 Å². The maximum Gasteiger partial charge on any atom is 0.238 e. The fraction of sp³-hybridized carbons (Fsp3) is 0.571. The third-order valence-corrected chi connectivity index (χ3v) is 4.89. The number of nitrogens with one attached hydrogen (secondary N) is 3. The molecule has 1 aromatic carbocycles. The number of carbonyl (C=O) groups is 3. The van der Waals surface area contributed by atoms with Crippen LogP contribution in [-0.2, 0) is 14.4 Å². The van der Waals surface area contributed by atoms with Gasteiger partial charge in [-0.3, -0.25) is 19.3 Å². The summed E-state index contributed by atoms with van der Waals surface area (Å²) in [7, 11) is 0. The number of benzene rings is 1. The van der Waals surface area contributed by atoms with E-state index in [1.54, 1.807) is 24.3 Å². The standard InChI is InChI=1S/C21H32N4O3/c1-3-4-5-12-22-21(28)17-10-13-25(14-11-17)15-20(27)24-19-8-6-18(7-9-19)23-16(2)26/h6-9,17H,3-5,10-15H2,1-2H3,(H,22,28)(H,23,26)(H,24,27). The van der Waals surface area contributed by atoms with Crippen LogP contribution in [0.25, 0.3) is 0 Å². The Morgan fingerprint density at radius 3 is 2.18 bits per heavy atom. The molecule has 0 saturated carbocycles. The Balaban J connectivity index is 1.68. The number of amides is 3. The Bertz CT molecular complexity index is 652. The lowest BCUT2D eigenvalue weighted by molar-refractivity contribution is -0.126. The van der Waals surface area contributed by atoms with Crippen LogP contribution in [0.2, 0.25) is 0 Å². The van der Waals surface area contributed by atoms with Gasteiger partial charge in [-0.15, -0.1) is 0 Å². The average Bonchev–Trinajstić information content (AvgIpc) is 2.67. The monoisotopic (exact) mass is 388 g/mol. The molecule has 154 valence electrons. The van der Waals surface area contributed by atoms with Gasteiger partial charge in [-0.25, -0.2) is 0 Å². The Morgan fingerprint density at radius 2 is 1.61 bits per heavy atom. The molecule has 1 saturated heterocycles. The Hall–Kier alpha value is -2.41. The molecule has 1 aliphatic rings. The van der Waals surface area contributed by atoms with E-state index < -0.39 is 0 Å². The predicted octanol–water partition coefficient (Wildman–Crippen LogP) is 2.60. The highest BCUT2D eigenvalue weighted by atomic mass is 16.2. The van der Waals surface area contributed by atoms with Crippen molar-refractivity contribution in [1.29, 1.82) is 0 Å². The van der Waals surface area contributed by atoms with Crippen LogP contribution in [0.15, 0.2) is 24.3 Å². The van der Waals surface area contributed by atoms with Crippen LogP contribution in [0.3, 0.4) is 0 Å². The van der Waals surface area contributed by atoms with Gasteiger partial charge in [0.1, 0.15) is 0 Å². The lowest BCUT2D eigenvalue weighted by Crippen LogP contribution is -2.43. The molecule has 2 rings (SSSR count). The maximum atomic E-state index is 12.3. The minimum absolute atomic E-state index is 0.0576. The first-order valence-electron chi connectivity index (χ1n) is 10.2.